The molecule has 8 heteroatoms. The Labute approximate surface area is 145 Å². The van der Waals surface area contributed by atoms with Crippen LogP contribution in [0.15, 0.2) is 35.0 Å². The number of carbonyl (C=O) groups is 3. The Bertz CT molecular complexity index is 703. The Balaban J connectivity index is 2.02. The molecule has 1 fully saturated rings. The number of rotatable bonds is 6. The summed E-state index contributed by atoms with van der Waals surface area (Å²) in [6, 6.07) is 0.0775. The van der Waals surface area contributed by atoms with E-state index in [0.29, 0.717) is 30.8 Å². The topological polar surface area (TPSA) is 102 Å². The Morgan fingerprint density at radius 1 is 1.44 bits per heavy atom. The first-order chi connectivity index (χ1) is 11.9. The lowest BCUT2D eigenvalue weighted by molar-refractivity contribution is -0.132. The number of carbonyl (C=O) groups excluding carboxylic acids is 3. The van der Waals surface area contributed by atoms with Gasteiger partial charge in [-0.25, -0.2) is 10.4 Å². The van der Waals surface area contributed by atoms with Crippen LogP contribution in [0, 0.1) is 5.92 Å². The summed E-state index contributed by atoms with van der Waals surface area (Å²) in [5.41, 5.74) is 3.38. The van der Waals surface area contributed by atoms with Crippen LogP contribution in [0.25, 0.3) is 0 Å². The average molecular weight is 346 g/mol. The van der Waals surface area contributed by atoms with E-state index in [9.17, 15) is 19.5 Å². The summed E-state index contributed by atoms with van der Waals surface area (Å²) >= 11 is 0. The molecule has 0 unspecified atom stereocenters. The molecule has 25 heavy (non-hydrogen) atoms. The van der Waals surface area contributed by atoms with E-state index >= 15 is 0 Å². The van der Waals surface area contributed by atoms with Crippen molar-refractivity contribution < 1.29 is 19.5 Å². The van der Waals surface area contributed by atoms with Crippen LogP contribution in [0.4, 0.5) is 0 Å². The zero-order valence-corrected chi connectivity index (χ0v) is 14.3. The van der Waals surface area contributed by atoms with Gasteiger partial charge in [-0.3, -0.25) is 19.3 Å². The van der Waals surface area contributed by atoms with Crippen molar-refractivity contribution >= 4 is 18.1 Å². The van der Waals surface area contributed by atoms with Gasteiger partial charge >= 0.3 is 0 Å². The van der Waals surface area contributed by atoms with Crippen molar-refractivity contribution in [3.63, 3.8) is 0 Å². The fraction of sp³-hybridized carbons (Fsp3) is 0.471. The van der Waals surface area contributed by atoms with Gasteiger partial charge in [0.05, 0.1) is 0 Å². The van der Waals surface area contributed by atoms with Gasteiger partial charge in [0.2, 0.25) is 5.88 Å². The van der Waals surface area contributed by atoms with E-state index in [-0.39, 0.29) is 17.5 Å². The SMILES string of the molecule is CC(C)CN1C(=O)C(C(=O)NC2CC2)=C(O)N2NCC(/C=C/C=O)=C12. The monoisotopic (exact) mass is 346 g/mol. The first-order valence-corrected chi connectivity index (χ1v) is 8.38. The number of fused-ring (bicyclic) bond motifs is 1. The average Bonchev–Trinajstić information content (AvgIpc) is 3.25. The highest BCUT2D eigenvalue weighted by Gasteiger charge is 2.44. The molecule has 8 nitrogen and oxygen atoms in total. The third-order valence-electron chi connectivity index (χ3n) is 4.14. The molecule has 2 heterocycles. The van der Waals surface area contributed by atoms with Crippen molar-refractivity contribution in [3.8, 4) is 0 Å². The van der Waals surface area contributed by atoms with Crippen LogP contribution in [0.1, 0.15) is 26.7 Å². The minimum atomic E-state index is -0.559. The Morgan fingerprint density at radius 3 is 2.76 bits per heavy atom. The molecule has 0 spiro atoms. The number of hydrogen-bond acceptors (Lipinski definition) is 6. The van der Waals surface area contributed by atoms with E-state index in [1.54, 1.807) is 6.08 Å². The largest absolute Gasteiger partial charge is 0.493 e. The summed E-state index contributed by atoms with van der Waals surface area (Å²) in [5, 5.41) is 14.6. The summed E-state index contributed by atoms with van der Waals surface area (Å²) in [6.07, 6.45) is 5.35. The second kappa shape index (κ2) is 6.72. The molecule has 0 aromatic rings. The van der Waals surface area contributed by atoms with Gasteiger partial charge in [0.15, 0.2) is 5.57 Å². The number of aldehydes is 1. The van der Waals surface area contributed by atoms with Gasteiger partial charge < -0.3 is 10.4 Å². The molecular formula is C17H22N4O4. The number of aliphatic hydroxyl groups excluding tert-OH is 1. The number of aliphatic hydroxyl groups is 1. The number of nitrogens with zero attached hydrogens (tertiary/aromatic N) is 2. The predicted octanol–water partition coefficient (Wildman–Crippen LogP) is 0.320. The number of hydrazine groups is 1. The molecule has 0 bridgehead atoms. The highest BCUT2D eigenvalue weighted by Crippen LogP contribution is 2.32. The fourth-order valence-electron chi connectivity index (χ4n) is 2.88. The van der Waals surface area contributed by atoms with Crippen molar-refractivity contribution in [1.29, 1.82) is 0 Å². The predicted molar refractivity (Wildman–Crippen MR) is 89.4 cm³/mol. The van der Waals surface area contributed by atoms with Gasteiger partial charge in [0, 0.05) is 24.7 Å². The first kappa shape index (κ1) is 17.2. The quantitative estimate of drug-likeness (QED) is 0.364. The lowest BCUT2D eigenvalue weighted by atomic mass is 10.1. The molecular weight excluding hydrogens is 324 g/mol. The third-order valence-corrected chi connectivity index (χ3v) is 4.14. The highest BCUT2D eigenvalue weighted by atomic mass is 16.3. The summed E-state index contributed by atoms with van der Waals surface area (Å²) in [6.45, 7) is 4.65. The molecule has 1 aliphatic carbocycles. The third kappa shape index (κ3) is 3.30. The van der Waals surface area contributed by atoms with E-state index in [0.717, 1.165) is 12.8 Å². The molecule has 134 valence electrons. The summed E-state index contributed by atoms with van der Waals surface area (Å²) in [5.74, 6) is -0.888. The van der Waals surface area contributed by atoms with Gasteiger partial charge in [0.1, 0.15) is 12.1 Å². The van der Waals surface area contributed by atoms with Gasteiger partial charge in [-0.1, -0.05) is 19.9 Å². The van der Waals surface area contributed by atoms with Crippen molar-refractivity contribution in [3.05, 3.63) is 35.0 Å². The first-order valence-electron chi connectivity index (χ1n) is 8.38. The second-order valence-corrected chi connectivity index (χ2v) is 6.77. The van der Waals surface area contributed by atoms with Crippen LogP contribution in [-0.2, 0) is 14.4 Å². The number of amides is 2. The Hall–Kier alpha value is -2.61. The highest BCUT2D eigenvalue weighted by molar-refractivity contribution is 6.19. The van der Waals surface area contributed by atoms with Crippen LogP contribution in [0.3, 0.4) is 0 Å². The Morgan fingerprint density at radius 2 is 2.16 bits per heavy atom. The number of nitrogens with one attached hydrogen (secondary N) is 2. The molecule has 0 radical (unpaired) electrons. The van der Waals surface area contributed by atoms with E-state index in [4.69, 9.17) is 0 Å². The lowest BCUT2D eigenvalue weighted by Gasteiger charge is -2.36. The van der Waals surface area contributed by atoms with Crippen LogP contribution in [-0.4, -0.2) is 52.2 Å². The summed E-state index contributed by atoms with van der Waals surface area (Å²) in [4.78, 5) is 37.5. The summed E-state index contributed by atoms with van der Waals surface area (Å²) in [7, 11) is 0. The van der Waals surface area contributed by atoms with E-state index in [1.807, 2.05) is 13.8 Å². The molecule has 1 saturated carbocycles. The van der Waals surface area contributed by atoms with E-state index in [1.165, 1.54) is 16.0 Å². The number of allylic oxidation sites excluding steroid dienone is 1. The van der Waals surface area contributed by atoms with Gasteiger partial charge in [0.25, 0.3) is 11.8 Å². The van der Waals surface area contributed by atoms with Crippen LogP contribution in [0.2, 0.25) is 0 Å². The second-order valence-electron chi connectivity index (χ2n) is 6.77. The van der Waals surface area contributed by atoms with E-state index < -0.39 is 17.7 Å². The van der Waals surface area contributed by atoms with Crippen molar-refractivity contribution in [1.82, 2.24) is 20.7 Å². The zero-order chi connectivity index (χ0) is 18.1. The van der Waals surface area contributed by atoms with Gasteiger partial charge in [-0.15, -0.1) is 0 Å². The normalized spacial score (nSPS) is 20.8. The fourth-order valence-corrected chi connectivity index (χ4v) is 2.88. The molecule has 0 atom stereocenters. The van der Waals surface area contributed by atoms with Crippen LogP contribution < -0.4 is 10.7 Å². The molecule has 2 aliphatic heterocycles. The summed E-state index contributed by atoms with van der Waals surface area (Å²) < 4.78 is 0. The number of hydrogen-bond donors (Lipinski definition) is 3. The molecule has 0 aromatic carbocycles. The smallest absolute Gasteiger partial charge is 0.270 e. The van der Waals surface area contributed by atoms with Gasteiger partial charge in [-0.05, 0) is 24.8 Å². The zero-order valence-electron chi connectivity index (χ0n) is 14.3. The molecule has 2 amide bonds. The maximum atomic E-state index is 12.9. The molecule has 0 saturated heterocycles. The van der Waals surface area contributed by atoms with Crippen molar-refractivity contribution in [2.45, 2.75) is 32.7 Å². The van der Waals surface area contributed by atoms with Crippen molar-refractivity contribution in [2.24, 2.45) is 5.92 Å². The molecule has 0 aromatic heterocycles. The van der Waals surface area contributed by atoms with Crippen LogP contribution >= 0.6 is 0 Å². The minimum Gasteiger partial charge on any atom is -0.493 e. The molecule has 3 N–H and O–H groups in total. The molecule has 3 rings (SSSR count). The Kier molecular flexibility index (Phi) is 4.63. The minimum absolute atomic E-state index is 0.0775. The standard InChI is InChI=1S/C17H22N4O4/c1-10(2)9-20-15-11(4-3-7-22)8-18-21(15)17(25)13(16(20)24)14(23)19-12-5-6-12/h3-4,7,10,12,18,25H,5-6,8-9H2,1-2H3,(H,19,23)/b4-3+. The maximum Gasteiger partial charge on any atom is 0.270 e. The maximum absolute atomic E-state index is 12.9. The lowest BCUT2D eigenvalue weighted by Crippen LogP contribution is -2.51. The van der Waals surface area contributed by atoms with Crippen molar-refractivity contribution in [2.75, 3.05) is 13.1 Å². The molecule has 3 aliphatic rings. The van der Waals surface area contributed by atoms with E-state index in [2.05, 4.69) is 10.7 Å². The van der Waals surface area contributed by atoms with Gasteiger partial charge in [-0.2, -0.15) is 0 Å². The van der Waals surface area contributed by atoms with Crippen LogP contribution in [0.5, 0.6) is 0 Å².